The third-order valence-electron chi connectivity index (χ3n) is 0.607. The zero-order valence-corrected chi connectivity index (χ0v) is 6.26. The molecule has 0 unspecified atom stereocenters. The van der Waals surface area contributed by atoms with Crippen molar-refractivity contribution >= 4 is 0 Å². The quantitative estimate of drug-likeness (QED) is 0.442. The second-order valence-electron chi connectivity index (χ2n) is 1.08. The van der Waals surface area contributed by atoms with E-state index in [4.69, 9.17) is 0 Å². The molecule has 0 atom stereocenters. The molecule has 0 radical (unpaired) electrons. The zero-order valence-electron chi connectivity index (χ0n) is 4.70. The SMILES string of the molecule is [CH3-].[Pd].[c-]1ccccc1. The molecule has 1 aromatic rings. The molecule has 48 valence electrons. The van der Waals surface area contributed by atoms with E-state index in [1.165, 1.54) is 0 Å². The largest absolute Gasteiger partial charge is 0.358 e. The van der Waals surface area contributed by atoms with Gasteiger partial charge in [0.1, 0.15) is 0 Å². The van der Waals surface area contributed by atoms with Gasteiger partial charge in [-0.05, 0) is 0 Å². The summed E-state index contributed by atoms with van der Waals surface area (Å²) in [6.45, 7) is 0. The molecule has 0 aliphatic heterocycles. The van der Waals surface area contributed by atoms with Gasteiger partial charge in [0.15, 0.2) is 0 Å². The summed E-state index contributed by atoms with van der Waals surface area (Å²) >= 11 is 0. The van der Waals surface area contributed by atoms with Crippen LogP contribution in [-0.4, -0.2) is 0 Å². The Morgan fingerprint density at radius 1 is 0.875 bits per heavy atom. The first kappa shape index (κ1) is 10.8. The topological polar surface area (TPSA) is 0 Å². The van der Waals surface area contributed by atoms with E-state index in [1.54, 1.807) is 0 Å². The van der Waals surface area contributed by atoms with Gasteiger partial charge in [0.25, 0.3) is 0 Å². The van der Waals surface area contributed by atoms with E-state index in [9.17, 15) is 0 Å². The first-order chi connectivity index (χ1) is 3.00. The van der Waals surface area contributed by atoms with Crippen LogP contribution in [0.3, 0.4) is 0 Å². The van der Waals surface area contributed by atoms with Crippen molar-refractivity contribution in [2.24, 2.45) is 0 Å². The van der Waals surface area contributed by atoms with Gasteiger partial charge in [-0.1, -0.05) is 0 Å². The smallest absolute Gasteiger partial charge is 0 e. The van der Waals surface area contributed by atoms with Crippen molar-refractivity contribution in [3.8, 4) is 0 Å². The van der Waals surface area contributed by atoms with Crippen LogP contribution in [0.1, 0.15) is 0 Å². The first-order valence-corrected chi connectivity index (χ1v) is 1.91. The normalized spacial score (nSPS) is 6.00. The zero-order chi connectivity index (χ0) is 4.24. The molecule has 0 aliphatic rings. The van der Waals surface area contributed by atoms with Crippen LogP contribution in [0, 0.1) is 13.5 Å². The van der Waals surface area contributed by atoms with E-state index in [-0.39, 0.29) is 27.8 Å². The fourth-order valence-corrected chi connectivity index (χ4v) is 0.342. The molecule has 1 heteroatoms. The summed E-state index contributed by atoms with van der Waals surface area (Å²) in [7, 11) is 0. The predicted octanol–water partition coefficient (Wildman–Crippen LogP) is 1.93. The predicted molar refractivity (Wildman–Crippen MR) is 31.7 cm³/mol. The van der Waals surface area contributed by atoms with E-state index in [0.29, 0.717) is 0 Å². The monoisotopic (exact) mass is 198 g/mol. The van der Waals surface area contributed by atoms with E-state index >= 15 is 0 Å². The van der Waals surface area contributed by atoms with E-state index in [1.807, 2.05) is 30.3 Å². The summed E-state index contributed by atoms with van der Waals surface area (Å²) in [5, 5.41) is 0. The Balaban J connectivity index is 0. The van der Waals surface area contributed by atoms with Crippen LogP contribution in [0.5, 0.6) is 0 Å². The maximum Gasteiger partial charge on any atom is 0 e. The Labute approximate surface area is 64.6 Å². The molecule has 1 rings (SSSR count). The Hall–Kier alpha value is -0.118. The molecule has 0 nitrogen and oxygen atoms in total. The summed E-state index contributed by atoms with van der Waals surface area (Å²) in [6.07, 6.45) is 0. The van der Waals surface area contributed by atoms with Crippen molar-refractivity contribution in [2.75, 3.05) is 0 Å². The average molecular weight is 199 g/mol. The minimum atomic E-state index is 0. The Morgan fingerprint density at radius 3 is 1.50 bits per heavy atom. The van der Waals surface area contributed by atoms with Crippen LogP contribution in [-0.2, 0) is 20.4 Å². The summed E-state index contributed by atoms with van der Waals surface area (Å²) < 4.78 is 0. The summed E-state index contributed by atoms with van der Waals surface area (Å²) in [6, 6.07) is 12.5. The summed E-state index contributed by atoms with van der Waals surface area (Å²) in [5.41, 5.74) is 0. The fourth-order valence-electron chi connectivity index (χ4n) is 0.342. The van der Waals surface area contributed by atoms with Crippen molar-refractivity contribution in [3.63, 3.8) is 0 Å². The fraction of sp³-hybridized carbons (Fsp3) is 0. The van der Waals surface area contributed by atoms with Gasteiger partial charge in [0, 0.05) is 20.4 Å². The molecule has 0 spiro atoms. The molecule has 0 fully saturated rings. The molecular formula is C7H8Pd-2. The molecule has 0 N–H and O–H groups in total. The number of hydrogen-bond acceptors (Lipinski definition) is 0. The van der Waals surface area contributed by atoms with Gasteiger partial charge in [0.05, 0.1) is 0 Å². The van der Waals surface area contributed by atoms with Crippen LogP contribution in [0.4, 0.5) is 0 Å². The van der Waals surface area contributed by atoms with E-state index < -0.39 is 0 Å². The maximum atomic E-state index is 2.89. The van der Waals surface area contributed by atoms with Crippen LogP contribution in [0.2, 0.25) is 0 Å². The second kappa shape index (κ2) is 6.88. The third-order valence-corrected chi connectivity index (χ3v) is 0.607. The Kier molecular flexibility index (Phi) is 9.28. The van der Waals surface area contributed by atoms with Crippen LogP contribution in [0.25, 0.3) is 0 Å². The number of benzene rings is 1. The molecular weight excluding hydrogens is 190 g/mol. The first-order valence-electron chi connectivity index (χ1n) is 1.91. The standard InChI is InChI=1S/C6H5.CH3.Pd/c1-2-4-6-5-3-1;;/h1-5H;1H3;/q2*-1;. The van der Waals surface area contributed by atoms with Crippen LogP contribution >= 0.6 is 0 Å². The van der Waals surface area contributed by atoms with Crippen molar-refractivity contribution in [3.05, 3.63) is 43.8 Å². The molecule has 0 saturated heterocycles. The number of rotatable bonds is 0. The van der Waals surface area contributed by atoms with Gasteiger partial charge in [0.2, 0.25) is 0 Å². The van der Waals surface area contributed by atoms with Crippen molar-refractivity contribution < 1.29 is 20.4 Å². The van der Waals surface area contributed by atoms with Gasteiger partial charge >= 0.3 is 0 Å². The average Bonchev–Trinajstić information content (AvgIpc) is 1.72. The molecule has 0 aliphatic carbocycles. The van der Waals surface area contributed by atoms with E-state index in [2.05, 4.69) is 6.07 Å². The Morgan fingerprint density at radius 2 is 1.38 bits per heavy atom. The Bertz CT molecular complexity index is 76.3. The van der Waals surface area contributed by atoms with Crippen molar-refractivity contribution in [1.29, 1.82) is 0 Å². The van der Waals surface area contributed by atoms with Crippen LogP contribution in [0.15, 0.2) is 30.3 Å². The van der Waals surface area contributed by atoms with E-state index in [0.717, 1.165) is 0 Å². The summed E-state index contributed by atoms with van der Waals surface area (Å²) in [5.74, 6) is 0. The molecule has 8 heavy (non-hydrogen) atoms. The van der Waals surface area contributed by atoms with Gasteiger partial charge < -0.3 is 7.43 Å². The van der Waals surface area contributed by atoms with Gasteiger partial charge in [-0.15, -0.1) is 0 Å². The molecule has 0 aromatic heterocycles. The maximum absolute atomic E-state index is 2.89. The third kappa shape index (κ3) is 4.05. The van der Waals surface area contributed by atoms with Gasteiger partial charge in [-0.3, -0.25) is 0 Å². The molecule has 1 aromatic carbocycles. The minimum absolute atomic E-state index is 0. The second-order valence-corrected chi connectivity index (χ2v) is 1.08. The van der Waals surface area contributed by atoms with Crippen LogP contribution < -0.4 is 0 Å². The number of hydrogen-bond donors (Lipinski definition) is 0. The van der Waals surface area contributed by atoms with Crippen molar-refractivity contribution in [1.82, 2.24) is 0 Å². The van der Waals surface area contributed by atoms with Gasteiger partial charge in [-0.25, -0.2) is 0 Å². The molecule has 0 bridgehead atoms. The van der Waals surface area contributed by atoms with Crippen molar-refractivity contribution in [2.45, 2.75) is 0 Å². The minimum Gasteiger partial charge on any atom is -0.358 e. The molecule has 0 saturated carbocycles. The molecule has 0 heterocycles. The summed E-state index contributed by atoms with van der Waals surface area (Å²) in [4.78, 5) is 0. The van der Waals surface area contributed by atoms with Gasteiger partial charge in [-0.2, -0.15) is 36.4 Å². The molecule has 0 amide bonds.